The van der Waals surface area contributed by atoms with Gasteiger partial charge in [0.05, 0.1) is 28.6 Å². The van der Waals surface area contributed by atoms with Crippen LogP contribution in [0.3, 0.4) is 0 Å². The van der Waals surface area contributed by atoms with E-state index in [1.807, 2.05) is 12.1 Å². The smallest absolute Gasteiger partial charge is 0.338 e. The third-order valence-corrected chi connectivity index (χ3v) is 5.11. The fraction of sp³-hybridized carbons (Fsp3) is 0.278. The zero-order chi connectivity index (χ0) is 20.4. The van der Waals surface area contributed by atoms with Crippen LogP contribution in [-0.2, 0) is 24.1 Å². The van der Waals surface area contributed by atoms with Crippen molar-refractivity contribution in [2.24, 2.45) is 5.73 Å². The first-order chi connectivity index (χ1) is 12.6. The summed E-state index contributed by atoms with van der Waals surface area (Å²) in [7, 11) is -3.62. The molecule has 0 bridgehead atoms. The molecule has 140 valence electrons. The maximum Gasteiger partial charge on any atom is 0.338 e. The van der Waals surface area contributed by atoms with Crippen LogP contribution < -0.4 is 5.73 Å². The predicted octanol–water partition coefficient (Wildman–Crippen LogP) is 1.61. The van der Waals surface area contributed by atoms with Gasteiger partial charge in [0.15, 0.2) is 9.84 Å². The van der Waals surface area contributed by atoms with Gasteiger partial charge in [0.2, 0.25) is 5.88 Å². The third kappa shape index (κ3) is 3.78. The lowest BCUT2D eigenvalue weighted by atomic mass is 9.82. The lowest BCUT2D eigenvalue weighted by Crippen LogP contribution is -2.25. The normalized spacial score (nSPS) is 17.0. The van der Waals surface area contributed by atoms with Crippen molar-refractivity contribution in [1.29, 1.82) is 10.5 Å². The number of allylic oxidation sites excluding steroid dienone is 2. The number of nitrogens with two attached hydrogens (primary N) is 1. The van der Waals surface area contributed by atoms with Crippen molar-refractivity contribution in [2.45, 2.75) is 24.7 Å². The van der Waals surface area contributed by atoms with Crippen molar-refractivity contribution in [3.05, 3.63) is 52.1 Å². The minimum absolute atomic E-state index is 0.0281. The first-order valence-electron chi connectivity index (χ1n) is 7.85. The molecule has 1 aliphatic rings. The van der Waals surface area contributed by atoms with Crippen LogP contribution in [0.1, 0.15) is 30.9 Å². The maximum absolute atomic E-state index is 12.4. The standard InChI is InChI=1S/C18H17N3O5S/c1-4-25-18(22)15-10(2)26-17(21)13(9-20)16(15)11-5-6-14(27(3,23)24)12(7-11)8-19/h5-7,16H,4,21H2,1-3H3. The Labute approximate surface area is 157 Å². The Balaban J connectivity index is 2.74. The molecule has 1 unspecified atom stereocenters. The van der Waals surface area contributed by atoms with Gasteiger partial charge in [-0.25, -0.2) is 13.2 Å². The Bertz CT molecular complexity index is 1060. The van der Waals surface area contributed by atoms with E-state index in [-0.39, 0.29) is 39.9 Å². The number of nitriles is 2. The Kier molecular flexibility index (Phi) is 5.58. The lowest BCUT2D eigenvalue weighted by molar-refractivity contribution is -0.139. The number of nitrogens with zero attached hydrogens (tertiary/aromatic N) is 2. The van der Waals surface area contributed by atoms with Crippen molar-refractivity contribution < 1.29 is 22.7 Å². The molecular weight excluding hydrogens is 370 g/mol. The first kappa shape index (κ1) is 20.0. The second-order valence-corrected chi connectivity index (χ2v) is 7.74. The summed E-state index contributed by atoms with van der Waals surface area (Å²) in [6.45, 7) is 3.26. The number of esters is 1. The molecule has 1 aromatic rings. The Hall–Kier alpha value is -3.30. The molecule has 0 aliphatic carbocycles. The zero-order valence-electron chi connectivity index (χ0n) is 14.9. The van der Waals surface area contributed by atoms with Gasteiger partial charge in [-0.05, 0) is 31.5 Å². The SMILES string of the molecule is CCOC(=O)C1=C(C)OC(N)=C(C#N)C1c1ccc(S(C)(=O)=O)c(C#N)c1. The summed E-state index contributed by atoms with van der Waals surface area (Å²) in [6, 6.07) is 7.78. The van der Waals surface area contributed by atoms with Gasteiger partial charge in [-0.3, -0.25) is 0 Å². The molecule has 27 heavy (non-hydrogen) atoms. The number of hydrogen-bond acceptors (Lipinski definition) is 8. The van der Waals surface area contributed by atoms with E-state index in [1.54, 1.807) is 6.92 Å². The summed E-state index contributed by atoms with van der Waals surface area (Å²) in [5.74, 6) is -1.63. The Morgan fingerprint density at radius 1 is 1.33 bits per heavy atom. The molecule has 9 heteroatoms. The number of ether oxygens (including phenoxy) is 2. The zero-order valence-corrected chi connectivity index (χ0v) is 15.8. The fourth-order valence-corrected chi connectivity index (χ4v) is 3.65. The Morgan fingerprint density at radius 2 is 2.00 bits per heavy atom. The van der Waals surface area contributed by atoms with Gasteiger partial charge in [0.25, 0.3) is 0 Å². The first-order valence-corrected chi connectivity index (χ1v) is 9.74. The average Bonchev–Trinajstić information content (AvgIpc) is 2.59. The second-order valence-electron chi connectivity index (χ2n) is 5.75. The van der Waals surface area contributed by atoms with Crippen LogP contribution >= 0.6 is 0 Å². The van der Waals surface area contributed by atoms with Gasteiger partial charge in [0.1, 0.15) is 23.5 Å². The van der Waals surface area contributed by atoms with Crippen molar-refractivity contribution in [1.82, 2.24) is 0 Å². The minimum Gasteiger partial charge on any atom is -0.463 e. The molecule has 1 atom stereocenters. The van der Waals surface area contributed by atoms with Crippen LogP contribution in [-0.4, -0.2) is 27.2 Å². The number of benzene rings is 1. The summed E-state index contributed by atoms with van der Waals surface area (Å²) >= 11 is 0. The molecule has 0 saturated carbocycles. The van der Waals surface area contributed by atoms with Crippen LogP contribution in [0.15, 0.2) is 45.9 Å². The summed E-state index contributed by atoms with van der Waals surface area (Å²) in [5, 5.41) is 18.9. The van der Waals surface area contributed by atoms with E-state index in [2.05, 4.69) is 0 Å². The number of hydrogen-bond donors (Lipinski definition) is 1. The van der Waals surface area contributed by atoms with E-state index in [1.165, 1.54) is 25.1 Å². The molecule has 1 aromatic carbocycles. The molecule has 8 nitrogen and oxygen atoms in total. The number of rotatable bonds is 4. The van der Waals surface area contributed by atoms with Crippen LogP contribution in [0.25, 0.3) is 0 Å². The highest BCUT2D eigenvalue weighted by Crippen LogP contribution is 2.40. The monoisotopic (exact) mass is 387 g/mol. The van der Waals surface area contributed by atoms with E-state index < -0.39 is 21.7 Å². The second kappa shape index (κ2) is 7.52. The molecule has 1 aliphatic heterocycles. The van der Waals surface area contributed by atoms with Crippen molar-refractivity contribution in [2.75, 3.05) is 12.9 Å². The van der Waals surface area contributed by atoms with Gasteiger partial charge in [-0.15, -0.1) is 0 Å². The van der Waals surface area contributed by atoms with E-state index in [0.717, 1.165) is 6.26 Å². The predicted molar refractivity (Wildman–Crippen MR) is 94.3 cm³/mol. The van der Waals surface area contributed by atoms with E-state index in [9.17, 15) is 23.7 Å². The fourth-order valence-electron chi connectivity index (χ4n) is 2.83. The molecule has 1 heterocycles. The van der Waals surface area contributed by atoms with Crippen molar-refractivity contribution in [3.63, 3.8) is 0 Å². The molecule has 0 fully saturated rings. The van der Waals surface area contributed by atoms with Gasteiger partial charge in [-0.1, -0.05) is 6.07 Å². The molecule has 0 saturated heterocycles. The van der Waals surface area contributed by atoms with Crippen LogP contribution in [0, 0.1) is 22.7 Å². The summed E-state index contributed by atoms with van der Waals surface area (Å²) < 4.78 is 34.1. The number of carbonyl (C=O) groups is 1. The van der Waals surface area contributed by atoms with Gasteiger partial charge < -0.3 is 15.2 Å². The van der Waals surface area contributed by atoms with Crippen molar-refractivity contribution in [3.8, 4) is 12.1 Å². The summed E-state index contributed by atoms with van der Waals surface area (Å²) in [5.41, 5.74) is 6.09. The highest BCUT2D eigenvalue weighted by molar-refractivity contribution is 7.90. The Morgan fingerprint density at radius 3 is 2.52 bits per heavy atom. The lowest BCUT2D eigenvalue weighted by Gasteiger charge is -2.27. The topological polar surface area (TPSA) is 143 Å². The van der Waals surface area contributed by atoms with E-state index in [4.69, 9.17) is 15.2 Å². The van der Waals surface area contributed by atoms with Crippen LogP contribution in [0.2, 0.25) is 0 Å². The molecule has 0 amide bonds. The average molecular weight is 387 g/mol. The molecule has 0 aromatic heterocycles. The maximum atomic E-state index is 12.4. The molecule has 0 radical (unpaired) electrons. The summed E-state index contributed by atoms with van der Waals surface area (Å²) in [6.07, 6.45) is 0.990. The highest BCUT2D eigenvalue weighted by atomic mass is 32.2. The van der Waals surface area contributed by atoms with E-state index >= 15 is 0 Å². The quantitative estimate of drug-likeness (QED) is 0.767. The minimum atomic E-state index is -3.62. The van der Waals surface area contributed by atoms with Gasteiger partial charge in [-0.2, -0.15) is 10.5 Å². The highest BCUT2D eigenvalue weighted by Gasteiger charge is 2.36. The summed E-state index contributed by atoms with van der Waals surface area (Å²) in [4.78, 5) is 12.3. The van der Waals surface area contributed by atoms with Gasteiger partial charge in [0, 0.05) is 6.26 Å². The van der Waals surface area contributed by atoms with E-state index in [0.29, 0.717) is 5.56 Å². The molecular formula is C18H17N3O5S. The number of carbonyl (C=O) groups excluding carboxylic acids is 1. The van der Waals surface area contributed by atoms with Gasteiger partial charge >= 0.3 is 5.97 Å². The molecule has 2 rings (SSSR count). The molecule has 2 N–H and O–H groups in total. The van der Waals surface area contributed by atoms with Crippen molar-refractivity contribution >= 4 is 15.8 Å². The van der Waals surface area contributed by atoms with Crippen LogP contribution in [0.5, 0.6) is 0 Å². The number of sulfone groups is 1. The largest absolute Gasteiger partial charge is 0.463 e. The third-order valence-electron chi connectivity index (χ3n) is 3.96. The molecule has 0 spiro atoms. The van der Waals surface area contributed by atoms with Crippen LogP contribution in [0.4, 0.5) is 0 Å².